The second kappa shape index (κ2) is 7.67. The smallest absolute Gasteiger partial charge is 0.234 e. The fourth-order valence-corrected chi connectivity index (χ4v) is 2.22. The van der Waals surface area contributed by atoms with Crippen molar-refractivity contribution in [2.75, 3.05) is 32.7 Å². The van der Waals surface area contributed by atoms with E-state index in [9.17, 15) is 4.79 Å². The average Bonchev–Trinajstić information content (AvgIpc) is 2.29. The Morgan fingerprint density at radius 2 is 2.00 bits per heavy atom. The van der Waals surface area contributed by atoms with Gasteiger partial charge in [-0.25, -0.2) is 0 Å². The molecular weight excluding hydrogens is 214 g/mol. The number of hydrogen-bond donors (Lipinski definition) is 2. The van der Waals surface area contributed by atoms with Crippen LogP contribution in [0.15, 0.2) is 0 Å². The number of amides is 1. The molecule has 1 aliphatic rings. The highest BCUT2D eigenvalue weighted by Crippen LogP contribution is 2.09. The van der Waals surface area contributed by atoms with Gasteiger partial charge in [0.1, 0.15) is 0 Å². The van der Waals surface area contributed by atoms with Gasteiger partial charge in [-0.15, -0.1) is 0 Å². The van der Waals surface area contributed by atoms with E-state index in [4.69, 9.17) is 0 Å². The largest absolute Gasteiger partial charge is 0.353 e. The fraction of sp³-hybridized carbons (Fsp3) is 0.923. The van der Waals surface area contributed by atoms with Crippen molar-refractivity contribution < 1.29 is 4.79 Å². The number of nitrogens with one attached hydrogen (secondary N) is 2. The summed E-state index contributed by atoms with van der Waals surface area (Å²) in [7, 11) is 0. The Balaban J connectivity index is 2.18. The van der Waals surface area contributed by atoms with Crippen LogP contribution in [0.25, 0.3) is 0 Å². The van der Waals surface area contributed by atoms with E-state index in [1.165, 1.54) is 6.42 Å². The summed E-state index contributed by atoms with van der Waals surface area (Å²) in [6.45, 7) is 11.0. The van der Waals surface area contributed by atoms with Gasteiger partial charge in [-0.3, -0.25) is 9.69 Å². The standard InChI is InChI=1S/C13H27N3O/c1-4-11(2)9-12(3)15-13(17)10-16-7-5-14-6-8-16/h11-12,14H,4-10H2,1-3H3,(H,15,17). The third kappa shape index (κ3) is 6.03. The van der Waals surface area contributed by atoms with E-state index in [0.29, 0.717) is 18.5 Å². The quantitative estimate of drug-likeness (QED) is 0.724. The van der Waals surface area contributed by atoms with Crippen LogP contribution in [0.3, 0.4) is 0 Å². The number of carbonyl (C=O) groups is 1. The lowest BCUT2D eigenvalue weighted by Crippen LogP contribution is -2.48. The minimum absolute atomic E-state index is 0.169. The minimum Gasteiger partial charge on any atom is -0.353 e. The van der Waals surface area contributed by atoms with Crippen LogP contribution >= 0.6 is 0 Å². The van der Waals surface area contributed by atoms with Gasteiger partial charge >= 0.3 is 0 Å². The molecule has 0 aromatic heterocycles. The Morgan fingerprint density at radius 1 is 1.35 bits per heavy atom. The summed E-state index contributed by atoms with van der Waals surface area (Å²) in [6, 6.07) is 0.292. The lowest BCUT2D eigenvalue weighted by molar-refractivity contribution is -0.123. The topological polar surface area (TPSA) is 44.4 Å². The zero-order valence-corrected chi connectivity index (χ0v) is 11.5. The van der Waals surface area contributed by atoms with Gasteiger partial charge in [0.2, 0.25) is 5.91 Å². The SMILES string of the molecule is CCC(C)CC(C)NC(=O)CN1CCNCC1. The monoisotopic (exact) mass is 241 g/mol. The summed E-state index contributed by atoms with van der Waals surface area (Å²) in [5.74, 6) is 0.854. The second-order valence-electron chi connectivity index (χ2n) is 5.24. The van der Waals surface area contributed by atoms with Crippen LogP contribution in [0, 0.1) is 5.92 Å². The molecule has 2 atom stereocenters. The molecule has 0 aromatic carbocycles. The van der Waals surface area contributed by atoms with Crippen molar-refractivity contribution in [3.8, 4) is 0 Å². The van der Waals surface area contributed by atoms with Crippen LogP contribution in [-0.4, -0.2) is 49.6 Å². The molecule has 2 N–H and O–H groups in total. The summed E-state index contributed by atoms with van der Waals surface area (Å²) >= 11 is 0. The molecule has 1 aliphatic heterocycles. The van der Waals surface area contributed by atoms with Gasteiger partial charge in [0.05, 0.1) is 6.54 Å². The van der Waals surface area contributed by atoms with Crippen molar-refractivity contribution in [1.82, 2.24) is 15.5 Å². The van der Waals surface area contributed by atoms with Crippen LogP contribution in [0.4, 0.5) is 0 Å². The molecule has 4 nitrogen and oxygen atoms in total. The Kier molecular flexibility index (Phi) is 6.52. The summed E-state index contributed by atoms with van der Waals surface area (Å²) in [6.07, 6.45) is 2.25. The first-order valence-electron chi connectivity index (χ1n) is 6.84. The molecule has 0 bridgehead atoms. The maximum Gasteiger partial charge on any atom is 0.234 e. The van der Waals surface area contributed by atoms with Gasteiger partial charge in [0, 0.05) is 32.2 Å². The molecule has 0 saturated carbocycles. The molecule has 0 aromatic rings. The van der Waals surface area contributed by atoms with Crippen molar-refractivity contribution in [3.63, 3.8) is 0 Å². The highest BCUT2D eigenvalue weighted by atomic mass is 16.2. The van der Waals surface area contributed by atoms with Gasteiger partial charge in [-0.05, 0) is 19.3 Å². The minimum atomic E-state index is 0.169. The highest BCUT2D eigenvalue weighted by Gasteiger charge is 2.15. The normalized spacial score (nSPS) is 20.9. The van der Waals surface area contributed by atoms with Crippen LogP contribution in [-0.2, 0) is 4.79 Å². The molecule has 1 amide bonds. The maximum atomic E-state index is 11.8. The molecule has 4 heteroatoms. The highest BCUT2D eigenvalue weighted by molar-refractivity contribution is 5.78. The van der Waals surface area contributed by atoms with E-state index in [-0.39, 0.29) is 5.91 Å². The number of nitrogens with zero attached hydrogens (tertiary/aromatic N) is 1. The molecule has 1 heterocycles. The van der Waals surface area contributed by atoms with Crippen LogP contribution in [0.2, 0.25) is 0 Å². The number of hydrogen-bond acceptors (Lipinski definition) is 3. The van der Waals surface area contributed by atoms with Crippen molar-refractivity contribution >= 4 is 5.91 Å². The third-order valence-electron chi connectivity index (χ3n) is 3.44. The maximum absolute atomic E-state index is 11.8. The van der Waals surface area contributed by atoms with E-state index < -0.39 is 0 Å². The molecular formula is C13H27N3O. The Hall–Kier alpha value is -0.610. The van der Waals surface area contributed by atoms with E-state index in [0.717, 1.165) is 32.6 Å². The molecule has 1 rings (SSSR count). The van der Waals surface area contributed by atoms with E-state index in [1.54, 1.807) is 0 Å². The first-order chi connectivity index (χ1) is 8.11. The molecule has 17 heavy (non-hydrogen) atoms. The van der Waals surface area contributed by atoms with Crippen LogP contribution in [0.1, 0.15) is 33.6 Å². The van der Waals surface area contributed by atoms with E-state index >= 15 is 0 Å². The third-order valence-corrected chi connectivity index (χ3v) is 3.44. The van der Waals surface area contributed by atoms with E-state index in [2.05, 4.69) is 36.3 Å². The van der Waals surface area contributed by atoms with Crippen molar-refractivity contribution in [1.29, 1.82) is 0 Å². The molecule has 2 unspecified atom stereocenters. The predicted octanol–water partition coefficient (Wildman–Crippen LogP) is 0.833. The number of piperazine rings is 1. The first-order valence-corrected chi connectivity index (χ1v) is 6.84. The van der Waals surface area contributed by atoms with Gasteiger partial charge in [-0.1, -0.05) is 20.3 Å². The molecule has 0 aliphatic carbocycles. The Labute approximate surface area is 105 Å². The lowest BCUT2D eigenvalue weighted by Gasteiger charge is -2.27. The summed E-state index contributed by atoms with van der Waals surface area (Å²) in [5.41, 5.74) is 0. The lowest BCUT2D eigenvalue weighted by atomic mass is 10.0. The van der Waals surface area contributed by atoms with Crippen LogP contribution in [0.5, 0.6) is 0 Å². The first kappa shape index (κ1) is 14.5. The zero-order valence-electron chi connectivity index (χ0n) is 11.5. The van der Waals surface area contributed by atoms with Gasteiger partial charge in [0.15, 0.2) is 0 Å². The Morgan fingerprint density at radius 3 is 2.59 bits per heavy atom. The zero-order chi connectivity index (χ0) is 12.7. The van der Waals surface area contributed by atoms with Gasteiger partial charge in [0.25, 0.3) is 0 Å². The van der Waals surface area contributed by atoms with Crippen molar-refractivity contribution in [2.45, 2.75) is 39.7 Å². The molecule has 1 saturated heterocycles. The number of carbonyl (C=O) groups excluding carboxylic acids is 1. The second-order valence-corrected chi connectivity index (χ2v) is 5.24. The summed E-state index contributed by atoms with van der Waals surface area (Å²) in [4.78, 5) is 14.0. The summed E-state index contributed by atoms with van der Waals surface area (Å²) in [5, 5.41) is 6.38. The molecule has 100 valence electrons. The van der Waals surface area contributed by atoms with E-state index in [1.807, 2.05) is 0 Å². The molecule has 0 radical (unpaired) electrons. The van der Waals surface area contributed by atoms with Crippen molar-refractivity contribution in [3.05, 3.63) is 0 Å². The van der Waals surface area contributed by atoms with Gasteiger partial charge in [-0.2, -0.15) is 0 Å². The molecule has 0 spiro atoms. The predicted molar refractivity (Wildman–Crippen MR) is 71.0 cm³/mol. The average molecular weight is 241 g/mol. The van der Waals surface area contributed by atoms with Crippen molar-refractivity contribution in [2.24, 2.45) is 5.92 Å². The molecule has 1 fully saturated rings. The van der Waals surface area contributed by atoms with Gasteiger partial charge < -0.3 is 10.6 Å². The fourth-order valence-electron chi connectivity index (χ4n) is 2.22. The van der Waals surface area contributed by atoms with Crippen LogP contribution < -0.4 is 10.6 Å². The Bertz CT molecular complexity index is 227. The summed E-state index contributed by atoms with van der Waals surface area (Å²) < 4.78 is 0. The number of rotatable bonds is 6.